The SMILES string of the molecule is CCc1ccccc1-c1ccc(OCCN(C)C)c(C=CC(=O)c2ccccc2CN(C)C)c1. The molecule has 178 valence electrons. The first-order valence-electron chi connectivity index (χ1n) is 11.8. The highest BCUT2D eigenvalue weighted by Gasteiger charge is 2.11. The number of carbonyl (C=O) groups is 1. The summed E-state index contributed by atoms with van der Waals surface area (Å²) in [7, 11) is 8.07. The van der Waals surface area contributed by atoms with Crippen LogP contribution in [-0.4, -0.2) is 56.9 Å². The quantitative estimate of drug-likeness (QED) is 0.269. The summed E-state index contributed by atoms with van der Waals surface area (Å²) in [4.78, 5) is 17.3. The van der Waals surface area contributed by atoms with Crippen LogP contribution in [0.3, 0.4) is 0 Å². The van der Waals surface area contributed by atoms with Crippen LogP contribution in [-0.2, 0) is 13.0 Å². The van der Waals surface area contributed by atoms with E-state index in [1.807, 2.05) is 64.6 Å². The Morgan fingerprint density at radius 3 is 2.29 bits per heavy atom. The fourth-order valence-corrected chi connectivity index (χ4v) is 3.92. The summed E-state index contributed by atoms with van der Waals surface area (Å²) < 4.78 is 6.10. The number of hydrogen-bond donors (Lipinski definition) is 0. The molecule has 0 aliphatic carbocycles. The first kappa shape index (κ1) is 25.4. The van der Waals surface area contributed by atoms with E-state index in [0.717, 1.165) is 47.5 Å². The molecule has 0 aliphatic rings. The molecule has 34 heavy (non-hydrogen) atoms. The summed E-state index contributed by atoms with van der Waals surface area (Å²) in [6, 6.07) is 22.5. The average molecular weight is 457 g/mol. The molecule has 4 nitrogen and oxygen atoms in total. The van der Waals surface area contributed by atoms with E-state index in [0.29, 0.717) is 6.61 Å². The van der Waals surface area contributed by atoms with Crippen LogP contribution in [0.5, 0.6) is 5.75 Å². The minimum Gasteiger partial charge on any atom is -0.492 e. The zero-order chi connectivity index (χ0) is 24.5. The topological polar surface area (TPSA) is 32.8 Å². The minimum absolute atomic E-state index is 0.00365. The van der Waals surface area contributed by atoms with Gasteiger partial charge in [0.15, 0.2) is 5.78 Å². The van der Waals surface area contributed by atoms with Gasteiger partial charge in [0.2, 0.25) is 0 Å². The average Bonchev–Trinajstić information content (AvgIpc) is 2.82. The van der Waals surface area contributed by atoms with Gasteiger partial charge in [-0.1, -0.05) is 61.5 Å². The van der Waals surface area contributed by atoms with E-state index < -0.39 is 0 Å². The van der Waals surface area contributed by atoms with Crippen LogP contribution in [0.1, 0.15) is 34.0 Å². The van der Waals surface area contributed by atoms with Gasteiger partial charge in [0.25, 0.3) is 0 Å². The molecule has 3 aromatic rings. The fraction of sp³-hybridized carbons (Fsp3) is 0.300. The molecule has 0 aromatic heterocycles. The van der Waals surface area contributed by atoms with Crippen LogP contribution in [0, 0.1) is 0 Å². The standard InChI is InChI=1S/C30H36N2O2/c1-6-23-11-7-9-13-27(23)24-16-18-30(34-20-19-31(2)3)25(21-24)15-17-29(33)28-14-10-8-12-26(28)22-32(4)5/h7-18,21H,6,19-20,22H2,1-5H3. The first-order valence-corrected chi connectivity index (χ1v) is 11.8. The Labute approximate surface area is 204 Å². The van der Waals surface area contributed by atoms with Crippen molar-refractivity contribution in [2.75, 3.05) is 41.3 Å². The van der Waals surface area contributed by atoms with Crippen molar-refractivity contribution in [3.05, 3.63) is 95.1 Å². The molecular weight excluding hydrogens is 420 g/mol. The van der Waals surface area contributed by atoms with E-state index in [-0.39, 0.29) is 5.78 Å². The number of hydrogen-bond acceptors (Lipinski definition) is 4. The van der Waals surface area contributed by atoms with Gasteiger partial charge in [0, 0.05) is 24.2 Å². The predicted molar refractivity (Wildman–Crippen MR) is 143 cm³/mol. The third-order valence-electron chi connectivity index (χ3n) is 5.70. The van der Waals surface area contributed by atoms with Gasteiger partial charge in [0.1, 0.15) is 12.4 Å². The van der Waals surface area contributed by atoms with Crippen LogP contribution in [0.4, 0.5) is 0 Å². The summed E-state index contributed by atoms with van der Waals surface area (Å²) in [6.45, 7) is 4.29. The summed E-state index contributed by atoms with van der Waals surface area (Å²) in [5, 5.41) is 0. The molecule has 0 saturated heterocycles. The largest absolute Gasteiger partial charge is 0.492 e. The minimum atomic E-state index is -0.00365. The highest BCUT2D eigenvalue weighted by atomic mass is 16.5. The number of aryl methyl sites for hydroxylation is 1. The van der Waals surface area contributed by atoms with Gasteiger partial charge in [-0.15, -0.1) is 0 Å². The zero-order valence-electron chi connectivity index (χ0n) is 21.0. The Morgan fingerprint density at radius 1 is 0.882 bits per heavy atom. The Balaban J connectivity index is 1.95. The maximum absolute atomic E-state index is 13.1. The van der Waals surface area contributed by atoms with E-state index in [9.17, 15) is 4.79 Å². The Hall–Kier alpha value is -3.21. The normalized spacial score (nSPS) is 11.5. The summed E-state index contributed by atoms with van der Waals surface area (Å²) >= 11 is 0. The summed E-state index contributed by atoms with van der Waals surface area (Å²) in [5.41, 5.74) is 6.29. The van der Waals surface area contributed by atoms with Crippen LogP contribution >= 0.6 is 0 Å². The van der Waals surface area contributed by atoms with Gasteiger partial charge in [-0.2, -0.15) is 0 Å². The molecule has 0 saturated carbocycles. The Kier molecular flexibility index (Phi) is 9.20. The first-order chi connectivity index (χ1) is 16.4. The lowest BCUT2D eigenvalue weighted by molar-refractivity contribution is 0.104. The molecule has 0 fully saturated rings. The van der Waals surface area contributed by atoms with Crippen LogP contribution in [0.15, 0.2) is 72.8 Å². The van der Waals surface area contributed by atoms with E-state index in [1.54, 1.807) is 6.08 Å². The van der Waals surface area contributed by atoms with Crippen molar-refractivity contribution in [2.45, 2.75) is 19.9 Å². The van der Waals surface area contributed by atoms with Crippen LogP contribution < -0.4 is 4.74 Å². The molecule has 0 N–H and O–H groups in total. The van der Waals surface area contributed by atoms with E-state index in [1.165, 1.54) is 11.1 Å². The van der Waals surface area contributed by atoms with Crippen molar-refractivity contribution in [1.29, 1.82) is 0 Å². The van der Waals surface area contributed by atoms with Gasteiger partial charge in [-0.25, -0.2) is 0 Å². The number of ether oxygens (including phenoxy) is 1. The van der Waals surface area contributed by atoms with E-state index in [4.69, 9.17) is 4.74 Å². The molecule has 0 spiro atoms. The highest BCUT2D eigenvalue weighted by Crippen LogP contribution is 2.30. The molecular formula is C30H36N2O2. The van der Waals surface area contributed by atoms with Gasteiger partial charge in [-0.05, 0) is 81.2 Å². The van der Waals surface area contributed by atoms with Crippen molar-refractivity contribution < 1.29 is 9.53 Å². The molecule has 0 aliphatic heterocycles. The zero-order valence-corrected chi connectivity index (χ0v) is 21.0. The van der Waals surface area contributed by atoms with Gasteiger partial charge < -0.3 is 14.5 Å². The van der Waals surface area contributed by atoms with Gasteiger partial charge in [-0.3, -0.25) is 4.79 Å². The molecule has 3 aromatic carbocycles. The molecule has 4 heteroatoms. The second-order valence-corrected chi connectivity index (χ2v) is 9.01. The van der Waals surface area contributed by atoms with Crippen LogP contribution in [0.25, 0.3) is 17.2 Å². The molecule has 0 radical (unpaired) electrons. The molecule has 0 atom stereocenters. The Morgan fingerprint density at radius 2 is 1.59 bits per heavy atom. The van der Waals surface area contributed by atoms with Gasteiger partial charge >= 0.3 is 0 Å². The number of ketones is 1. The number of benzene rings is 3. The van der Waals surface area contributed by atoms with E-state index in [2.05, 4.69) is 53.1 Å². The van der Waals surface area contributed by atoms with Crippen molar-refractivity contribution >= 4 is 11.9 Å². The monoisotopic (exact) mass is 456 g/mol. The van der Waals surface area contributed by atoms with E-state index >= 15 is 0 Å². The maximum atomic E-state index is 13.1. The molecule has 0 amide bonds. The Bertz CT molecular complexity index is 1130. The summed E-state index contributed by atoms with van der Waals surface area (Å²) in [5.74, 6) is 0.779. The number of nitrogens with zero attached hydrogens (tertiary/aromatic N) is 2. The lowest BCUT2D eigenvalue weighted by Crippen LogP contribution is -2.19. The van der Waals surface area contributed by atoms with Gasteiger partial charge in [0.05, 0.1) is 0 Å². The smallest absolute Gasteiger partial charge is 0.186 e. The number of allylic oxidation sites excluding steroid dienone is 1. The molecule has 0 heterocycles. The second-order valence-electron chi connectivity index (χ2n) is 9.01. The highest BCUT2D eigenvalue weighted by molar-refractivity contribution is 6.08. The predicted octanol–water partition coefficient (Wildman–Crippen LogP) is 5.81. The molecule has 0 unspecified atom stereocenters. The van der Waals surface area contributed by atoms with Crippen molar-refractivity contribution in [3.8, 4) is 16.9 Å². The fourth-order valence-electron chi connectivity index (χ4n) is 3.92. The third-order valence-corrected chi connectivity index (χ3v) is 5.70. The number of carbonyl (C=O) groups excluding carboxylic acids is 1. The lowest BCUT2D eigenvalue weighted by atomic mass is 9.96. The van der Waals surface area contributed by atoms with Crippen molar-refractivity contribution in [1.82, 2.24) is 9.80 Å². The second kappa shape index (κ2) is 12.3. The van der Waals surface area contributed by atoms with Crippen molar-refractivity contribution in [2.24, 2.45) is 0 Å². The maximum Gasteiger partial charge on any atom is 0.186 e. The van der Waals surface area contributed by atoms with Crippen molar-refractivity contribution in [3.63, 3.8) is 0 Å². The lowest BCUT2D eigenvalue weighted by Gasteiger charge is -2.15. The number of rotatable bonds is 11. The molecule has 3 rings (SSSR count). The third kappa shape index (κ3) is 6.89. The van der Waals surface area contributed by atoms with Crippen LogP contribution in [0.2, 0.25) is 0 Å². The summed E-state index contributed by atoms with van der Waals surface area (Å²) in [6.07, 6.45) is 4.51. The molecule has 0 bridgehead atoms. The number of likely N-dealkylation sites (N-methyl/N-ethyl adjacent to an activating group) is 1.